The number of aromatic nitrogens is 1. The molecule has 0 bridgehead atoms. The number of aryl methyl sites for hydroxylation is 2. The Hall–Kier alpha value is -1.82. The highest BCUT2D eigenvalue weighted by molar-refractivity contribution is 6.31. The van der Waals surface area contributed by atoms with Crippen molar-refractivity contribution >= 4 is 18.0 Å². The van der Waals surface area contributed by atoms with Gasteiger partial charge in [-0.2, -0.15) is 0 Å². The second kappa shape index (κ2) is 15.7. The first-order valence-electron chi connectivity index (χ1n) is 8.37. The number of benzene rings is 1. The first-order chi connectivity index (χ1) is 12.0. The fraction of sp³-hybridized carbons (Fsp3) is 0.421. The van der Waals surface area contributed by atoms with E-state index in [2.05, 4.69) is 16.0 Å². The fourth-order valence-corrected chi connectivity index (χ4v) is 2.29. The molecular weight excluding hydrogens is 338 g/mol. The maximum atomic E-state index is 8.58. The predicted molar refractivity (Wildman–Crippen MR) is 105 cm³/mol. The summed E-state index contributed by atoms with van der Waals surface area (Å²) in [5.74, 6) is 0. The van der Waals surface area contributed by atoms with Gasteiger partial charge in [-0.25, -0.2) is 0 Å². The number of carbonyl (C=O) groups is 1. The normalized spacial score (nSPS) is 12.3. The number of primary amides is 1. The molecule has 0 unspecified atom stereocenters. The number of aliphatic hydroxyl groups is 1. The Labute approximate surface area is 155 Å². The van der Waals surface area contributed by atoms with E-state index in [1.54, 1.807) is 0 Å². The second-order valence-electron chi connectivity index (χ2n) is 5.52. The quantitative estimate of drug-likeness (QED) is 0.582. The number of aromatic amines is 1. The number of hydrogen-bond donors (Lipinski definition) is 4. The summed E-state index contributed by atoms with van der Waals surface area (Å²) in [5, 5.41) is 12.6. The van der Waals surface area contributed by atoms with Crippen molar-refractivity contribution in [3.63, 3.8) is 0 Å². The highest BCUT2D eigenvalue weighted by atomic mass is 35.5. The largest absolute Gasteiger partial charge is 0.392 e. The average Bonchev–Trinajstić information content (AvgIpc) is 2.94. The Morgan fingerprint density at radius 2 is 1.72 bits per heavy atom. The number of halogens is 1. The molecule has 1 aliphatic rings. The SMILES string of the molecule is C1CCNCC1.Cc1cc(Cl)c(C)[nH]1.NC=O.OCc1ccccc1. The number of amides is 1. The van der Waals surface area contributed by atoms with E-state index in [-0.39, 0.29) is 13.0 Å². The Morgan fingerprint density at radius 3 is 1.92 bits per heavy atom. The number of piperidine rings is 1. The number of rotatable bonds is 1. The molecule has 25 heavy (non-hydrogen) atoms. The van der Waals surface area contributed by atoms with Crippen molar-refractivity contribution in [3.8, 4) is 0 Å². The van der Waals surface area contributed by atoms with Gasteiger partial charge in [-0.05, 0) is 51.4 Å². The summed E-state index contributed by atoms with van der Waals surface area (Å²) >= 11 is 5.70. The van der Waals surface area contributed by atoms with Crippen LogP contribution in [0.4, 0.5) is 0 Å². The van der Waals surface area contributed by atoms with Crippen molar-refractivity contribution < 1.29 is 9.90 Å². The molecule has 0 saturated carbocycles. The number of aliphatic hydroxyl groups excluding tert-OH is 1. The van der Waals surface area contributed by atoms with Crippen molar-refractivity contribution in [1.82, 2.24) is 10.3 Å². The Balaban J connectivity index is 0.000000323. The topological polar surface area (TPSA) is 91.1 Å². The van der Waals surface area contributed by atoms with Crippen LogP contribution in [0.1, 0.15) is 36.2 Å². The van der Waals surface area contributed by atoms with Crippen LogP contribution in [0, 0.1) is 13.8 Å². The van der Waals surface area contributed by atoms with E-state index in [4.69, 9.17) is 21.5 Å². The van der Waals surface area contributed by atoms with Crippen LogP contribution in [0.5, 0.6) is 0 Å². The molecule has 6 heteroatoms. The van der Waals surface area contributed by atoms with Crippen molar-refractivity contribution in [2.24, 2.45) is 5.73 Å². The van der Waals surface area contributed by atoms with Crippen LogP contribution in [0.25, 0.3) is 0 Å². The molecule has 1 aromatic carbocycles. The van der Waals surface area contributed by atoms with Crippen LogP contribution in [0.3, 0.4) is 0 Å². The molecule has 0 aliphatic carbocycles. The highest BCUT2D eigenvalue weighted by Gasteiger charge is 1.94. The van der Waals surface area contributed by atoms with E-state index in [1.165, 1.54) is 32.4 Å². The number of H-pyrrole nitrogens is 1. The van der Waals surface area contributed by atoms with Crippen molar-refractivity contribution in [2.45, 2.75) is 39.7 Å². The monoisotopic (exact) mass is 367 g/mol. The lowest BCUT2D eigenvalue weighted by atomic mass is 10.2. The zero-order chi connectivity index (χ0) is 18.9. The zero-order valence-corrected chi connectivity index (χ0v) is 15.9. The van der Waals surface area contributed by atoms with E-state index in [0.29, 0.717) is 0 Å². The molecule has 1 fully saturated rings. The van der Waals surface area contributed by atoms with E-state index < -0.39 is 0 Å². The molecule has 5 N–H and O–H groups in total. The van der Waals surface area contributed by atoms with Gasteiger partial charge in [0.05, 0.1) is 11.6 Å². The van der Waals surface area contributed by atoms with E-state index in [9.17, 15) is 0 Å². The number of carbonyl (C=O) groups excluding carboxylic acids is 1. The summed E-state index contributed by atoms with van der Waals surface area (Å²) in [6.07, 6.45) is 4.47. The Morgan fingerprint density at radius 1 is 1.16 bits per heavy atom. The molecule has 1 amide bonds. The maximum Gasteiger partial charge on any atom is 0.204 e. The Kier molecular flexibility index (Phi) is 14.6. The summed E-state index contributed by atoms with van der Waals surface area (Å²) in [7, 11) is 0. The third kappa shape index (κ3) is 13.2. The summed E-state index contributed by atoms with van der Waals surface area (Å²) in [6.45, 7) is 6.58. The van der Waals surface area contributed by atoms with E-state index >= 15 is 0 Å². The lowest BCUT2D eigenvalue weighted by Gasteiger charge is -2.08. The molecule has 1 aromatic heterocycles. The third-order valence-electron chi connectivity index (χ3n) is 3.32. The zero-order valence-electron chi connectivity index (χ0n) is 15.1. The van der Waals surface area contributed by atoms with Crippen LogP contribution >= 0.6 is 11.6 Å². The van der Waals surface area contributed by atoms with Gasteiger partial charge in [0.1, 0.15) is 0 Å². The lowest BCUT2D eigenvalue weighted by Crippen LogP contribution is -2.21. The van der Waals surface area contributed by atoms with Crippen molar-refractivity contribution in [1.29, 1.82) is 0 Å². The Bertz CT molecular complexity index is 524. The second-order valence-corrected chi connectivity index (χ2v) is 5.92. The molecule has 1 aliphatic heterocycles. The molecular formula is C19H30ClN3O2. The van der Waals surface area contributed by atoms with Crippen LogP contribution in [0.2, 0.25) is 5.02 Å². The molecule has 0 spiro atoms. The van der Waals surface area contributed by atoms with Crippen molar-refractivity contribution in [3.05, 3.63) is 58.4 Å². The number of hydrogen-bond acceptors (Lipinski definition) is 3. The number of nitrogens with two attached hydrogens (primary N) is 1. The minimum atomic E-state index is 0.140. The van der Waals surface area contributed by atoms with Crippen LogP contribution < -0.4 is 11.1 Å². The fourth-order valence-electron chi connectivity index (χ4n) is 2.08. The van der Waals surface area contributed by atoms with Gasteiger partial charge in [0.25, 0.3) is 0 Å². The maximum absolute atomic E-state index is 8.58. The minimum absolute atomic E-state index is 0.140. The molecule has 2 aromatic rings. The van der Waals surface area contributed by atoms with Gasteiger partial charge in [-0.3, -0.25) is 4.79 Å². The summed E-state index contributed by atoms with van der Waals surface area (Å²) in [4.78, 5) is 11.7. The van der Waals surface area contributed by atoms with Gasteiger partial charge in [0, 0.05) is 11.4 Å². The average molecular weight is 368 g/mol. The molecule has 3 rings (SSSR count). The number of nitrogens with one attached hydrogen (secondary N) is 2. The van der Waals surface area contributed by atoms with Crippen molar-refractivity contribution in [2.75, 3.05) is 13.1 Å². The highest BCUT2D eigenvalue weighted by Crippen LogP contribution is 2.14. The summed E-state index contributed by atoms with van der Waals surface area (Å²) < 4.78 is 0. The predicted octanol–water partition coefficient (Wildman–Crippen LogP) is 3.33. The van der Waals surface area contributed by atoms with Crippen LogP contribution in [-0.4, -0.2) is 29.6 Å². The lowest BCUT2D eigenvalue weighted by molar-refractivity contribution is -0.106. The standard InChI is InChI=1S/C7H8O.C6H8ClN.C5H11N.CH3NO/c8-6-7-4-2-1-3-5-7;1-4-3-6(7)5(2)8-4;1-2-4-6-5-3-1;2-1-3/h1-5,8H,6H2;3,8H,1-2H3;6H,1-5H2;1H,(H2,2,3). The summed E-state index contributed by atoms with van der Waals surface area (Å²) in [6, 6.07) is 11.4. The molecule has 2 heterocycles. The van der Waals surface area contributed by atoms with E-state index in [1.807, 2.05) is 50.2 Å². The van der Waals surface area contributed by atoms with Crippen LogP contribution in [0.15, 0.2) is 36.4 Å². The molecule has 140 valence electrons. The third-order valence-corrected chi connectivity index (χ3v) is 3.71. The van der Waals surface area contributed by atoms with Crippen LogP contribution in [-0.2, 0) is 11.4 Å². The minimum Gasteiger partial charge on any atom is -0.392 e. The molecule has 0 radical (unpaired) electrons. The molecule has 0 atom stereocenters. The van der Waals surface area contributed by atoms with Gasteiger partial charge in [-0.15, -0.1) is 0 Å². The van der Waals surface area contributed by atoms with Gasteiger partial charge >= 0.3 is 0 Å². The first-order valence-corrected chi connectivity index (χ1v) is 8.75. The van der Waals surface area contributed by atoms with Gasteiger partial charge < -0.3 is 21.1 Å². The smallest absolute Gasteiger partial charge is 0.204 e. The van der Waals surface area contributed by atoms with Gasteiger partial charge in [0.15, 0.2) is 0 Å². The van der Waals surface area contributed by atoms with Gasteiger partial charge in [-0.1, -0.05) is 48.4 Å². The first kappa shape index (κ1) is 23.2. The van der Waals surface area contributed by atoms with E-state index in [0.717, 1.165) is 22.0 Å². The molecule has 5 nitrogen and oxygen atoms in total. The van der Waals surface area contributed by atoms with Gasteiger partial charge in [0.2, 0.25) is 6.41 Å². The summed E-state index contributed by atoms with van der Waals surface area (Å²) in [5.41, 5.74) is 7.30. The molecule has 1 saturated heterocycles.